The number of hydrogen-bond acceptors (Lipinski definition) is 3. The molecule has 0 atom stereocenters. The Hall–Kier alpha value is -2.13. The third kappa shape index (κ3) is 4.20. The molecule has 3 heteroatoms. The number of carbonyl (C=O) groups excluding carboxylic acids is 1. The Morgan fingerprint density at radius 2 is 1.91 bits per heavy atom. The highest BCUT2D eigenvalue weighted by atomic mass is 16.5. The van der Waals surface area contributed by atoms with E-state index in [-0.39, 0.29) is 13.1 Å². The van der Waals surface area contributed by atoms with Gasteiger partial charge in [0, 0.05) is 25.0 Å². The predicted octanol–water partition coefficient (Wildman–Crippen LogP) is 4.34. The fourth-order valence-electron chi connectivity index (χ4n) is 2.49. The van der Waals surface area contributed by atoms with Crippen molar-refractivity contribution < 1.29 is 11.0 Å². The maximum absolute atomic E-state index is 12.4. The molecule has 0 amide bonds. The quantitative estimate of drug-likeness (QED) is 0.610. The first-order valence-electron chi connectivity index (χ1n) is 8.06. The van der Waals surface area contributed by atoms with Crippen LogP contribution in [0.2, 0.25) is 0 Å². The van der Waals surface area contributed by atoms with E-state index in [1.807, 2.05) is 52.1 Å². The lowest BCUT2D eigenvalue weighted by atomic mass is 9.93. The van der Waals surface area contributed by atoms with Crippen LogP contribution >= 0.6 is 0 Å². The lowest BCUT2D eigenvalue weighted by Crippen LogP contribution is -2.17. The zero-order valence-electron chi connectivity index (χ0n) is 14.3. The molecule has 0 unspecified atom stereocenters. The number of nitrogens with one attached hydrogen (secondary N) is 1. The molecule has 1 N–H and O–H groups in total. The molecule has 0 heterocycles. The number of ketones is 1. The molecule has 0 aliphatic carbocycles. The summed E-state index contributed by atoms with van der Waals surface area (Å²) < 4.78 is 5.94. The third-order valence-corrected chi connectivity index (χ3v) is 3.81. The van der Waals surface area contributed by atoms with Crippen LogP contribution in [0.4, 0.5) is 0 Å². The summed E-state index contributed by atoms with van der Waals surface area (Å²) in [5.41, 5.74) is 3.86. The normalized spacial score (nSPS) is 10.8. The van der Waals surface area contributed by atoms with E-state index < -0.39 is 0 Å². The molecule has 0 spiro atoms. The summed E-state index contributed by atoms with van der Waals surface area (Å²) in [5, 5.41) is 3.07. The summed E-state index contributed by atoms with van der Waals surface area (Å²) in [6.07, 6.45) is 0. The zero-order valence-corrected chi connectivity index (χ0v) is 14.3. The molecule has 0 aliphatic heterocycles. The number of benzene rings is 2. The van der Waals surface area contributed by atoms with Crippen LogP contribution in [0.5, 0.6) is 5.75 Å². The van der Waals surface area contributed by atoms with Crippen LogP contribution in [0.3, 0.4) is 0 Å². The Morgan fingerprint density at radius 3 is 2.52 bits per heavy atom. The monoisotopic (exact) mass is 313 g/mol. The van der Waals surface area contributed by atoms with Gasteiger partial charge in [-0.05, 0) is 37.2 Å². The summed E-state index contributed by atoms with van der Waals surface area (Å²) in [5.74, 6) is 0.892. The second-order valence-electron chi connectivity index (χ2n) is 6.00. The number of hydrogen-bond donors (Lipinski definition) is 1. The molecule has 0 radical (unpaired) electrons. The summed E-state index contributed by atoms with van der Waals surface area (Å²) in [7, 11) is 1.89. The minimum atomic E-state index is -0.0265. The highest BCUT2D eigenvalue weighted by molar-refractivity contribution is 6.00. The SMILES string of the molecule is CNCCOc1cc(C(=O)C(C)C)c(C)cc1-c1ccccc1.[HH]. The number of Topliss-reactive ketones (excluding diaryl/α,β-unsaturated/α-hetero) is 1. The van der Waals surface area contributed by atoms with E-state index in [1.54, 1.807) is 0 Å². The van der Waals surface area contributed by atoms with Gasteiger partial charge in [0.2, 0.25) is 0 Å². The first-order chi connectivity index (χ1) is 11.0. The first kappa shape index (κ1) is 17.2. The lowest BCUT2D eigenvalue weighted by molar-refractivity contribution is 0.0938. The van der Waals surface area contributed by atoms with Crippen molar-refractivity contribution in [2.75, 3.05) is 20.2 Å². The Morgan fingerprint density at radius 1 is 1.22 bits per heavy atom. The Balaban J connectivity index is 0.00000288. The van der Waals surface area contributed by atoms with Crippen molar-refractivity contribution >= 4 is 5.78 Å². The van der Waals surface area contributed by atoms with Crippen LogP contribution in [-0.4, -0.2) is 26.0 Å². The van der Waals surface area contributed by atoms with E-state index in [9.17, 15) is 4.79 Å². The Bertz CT molecular complexity index is 669. The molecule has 0 aliphatic rings. The van der Waals surface area contributed by atoms with Gasteiger partial charge in [-0.1, -0.05) is 44.2 Å². The van der Waals surface area contributed by atoms with Crippen LogP contribution in [0.15, 0.2) is 42.5 Å². The highest BCUT2D eigenvalue weighted by Gasteiger charge is 2.17. The van der Waals surface area contributed by atoms with Crippen molar-refractivity contribution in [3.8, 4) is 16.9 Å². The number of carbonyl (C=O) groups is 1. The van der Waals surface area contributed by atoms with E-state index in [2.05, 4.69) is 23.5 Å². The molecule has 2 aromatic rings. The van der Waals surface area contributed by atoms with Gasteiger partial charge in [0.1, 0.15) is 12.4 Å². The Kier molecular flexibility index (Phi) is 5.94. The van der Waals surface area contributed by atoms with Crippen molar-refractivity contribution in [1.82, 2.24) is 5.32 Å². The first-order valence-corrected chi connectivity index (χ1v) is 8.06. The minimum Gasteiger partial charge on any atom is -0.492 e. The van der Waals surface area contributed by atoms with Crippen molar-refractivity contribution in [1.29, 1.82) is 0 Å². The van der Waals surface area contributed by atoms with E-state index in [0.29, 0.717) is 6.61 Å². The van der Waals surface area contributed by atoms with Crippen LogP contribution in [-0.2, 0) is 0 Å². The number of aryl methyl sites for hydroxylation is 1. The van der Waals surface area contributed by atoms with Gasteiger partial charge in [0.05, 0.1) is 0 Å². The molecule has 124 valence electrons. The second-order valence-corrected chi connectivity index (χ2v) is 6.00. The van der Waals surface area contributed by atoms with E-state index in [0.717, 1.165) is 34.5 Å². The molecule has 0 saturated carbocycles. The Labute approximate surface area is 140 Å². The lowest BCUT2D eigenvalue weighted by Gasteiger charge is -2.16. The summed E-state index contributed by atoms with van der Waals surface area (Å²) in [6, 6.07) is 14.1. The molecule has 2 aromatic carbocycles. The van der Waals surface area contributed by atoms with Gasteiger partial charge in [0.15, 0.2) is 5.78 Å². The summed E-state index contributed by atoms with van der Waals surface area (Å²) in [4.78, 5) is 12.4. The second kappa shape index (κ2) is 7.93. The number of likely N-dealkylation sites (N-methyl/N-ethyl adjacent to an activating group) is 1. The fraction of sp³-hybridized carbons (Fsp3) is 0.350. The smallest absolute Gasteiger partial charge is 0.165 e. The third-order valence-electron chi connectivity index (χ3n) is 3.81. The molecule has 2 rings (SSSR count). The minimum absolute atomic E-state index is 0. The van der Waals surface area contributed by atoms with Gasteiger partial charge < -0.3 is 10.1 Å². The van der Waals surface area contributed by atoms with E-state index in [1.165, 1.54) is 0 Å². The molecule has 0 bridgehead atoms. The zero-order chi connectivity index (χ0) is 16.8. The van der Waals surface area contributed by atoms with Gasteiger partial charge >= 0.3 is 0 Å². The standard InChI is InChI=1S/C20H25NO2.H2/c1-14(2)20(22)17-13-19(23-11-10-21-4)18(12-15(17)3)16-8-6-5-7-9-16;/h5-9,12-14,21H,10-11H2,1-4H3;1H. The summed E-state index contributed by atoms with van der Waals surface area (Å²) >= 11 is 0. The van der Waals surface area contributed by atoms with Crippen LogP contribution in [0.25, 0.3) is 11.1 Å². The summed E-state index contributed by atoms with van der Waals surface area (Å²) in [6.45, 7) is 7.16. The van der Waals surface area contributed by atoms with Gasteiger partial charge in [-0.2, -0.15) is 0 Å². The van der Waals surface area contributed by atoms with Gasteiger partial charge in [-0.3, -0.25) is 4.79 Å². The average Bonchev–Trinajstić information content (AvgIpc) is 2.56. The van der Waals surface area contributed by atoms with Crippen molar-refractivity contribution in [2.45, 2.75) is 20.8 Å². The molecular weight excluding hydrogens is 286 g/mol. The molecule has 0 saturated heterocycles. The van der Waals surface area contributed by atoms with Crippen molar-refractivity contribution in [2.24, 2.45) is 5.92 Å². The van der Waals surface area contributed by atoms with E-state index >= 15 is 0 Å². The molecule has 0 fully saturated rings. The topological polar surface area (TPSA) is 38.3 Å². The highest BCUT2D eigenvalue weighted by Crippen LogP contribution is 2.33. The largest absolute Gasteiger partial charge is 0.492 e. The van der Waals surface area contributed by atoms with E-state index in [4.69, 9.17) is 4.74 Å². The number of ether oxygens (including phenoxy) is 1. The van der Waals surface area contributed by atoms with Crippen LogP contribution < -0.4 is 10.1 Å². The van der Waals surface area contributed by atoms with Crippen LogP contribution in [0, 0.1) is 12.8 Å². The van der Waals surface area contributed by atoms with Crippen molar-refractivity contribution in [3.05, 3.63) is 53.6 Å². The fourth-order valence-corrected chi connectivity index (χ4v) is 2.49. The predicted molar refractivity (Wildman–Crippen MR) is 97.3 cm³/mol. The van der Waals surface area contributed by atoms with Gasteiger partial charge in [-0.25, -0.2) is 0 Å². The number of rotatable bonds is 7. The van der Waals surface area contributed by atoms with Gasteiger partial charge in [-0.15, -0.1) is 0 Å². The molecule has 23 heavy (non-hydrogen) atoms. The van der Waals surface area contributed by atoms with Crippen LogP contribution in [0.1, 0.15) is 31.2 Å². The average molecular weight is 313 g/mol. The molecule has 3 nitrogen and oxygen atoms in total. The maximum atomic E-state index is 12.4. The van der Waals surface area contributed by atoms with Gasteiger partial charge in [0.25, 0.3) is 0 Å². The van der Waals surface area contributed by atoms with Crippen molar-refractivity contribution in [3.63, 3.8) is 0 Å². The molecule has 0 aromatic heterocycles. The molecular formula is C20H27NO2. The maximum Gasteiger partial charge on any atom is 0.165 e.